The maximum absolute atomic E-state index is 11.3. The average molecular weight is 220 g/mol. The maximum Gasteiger partial charge on any atom is 0.361 e. The Morgan fingerprint density at radius 3 is 2.86 bits per heavy atom. The van der Waals surface area contributed by atoms with Gasteiger partial charge >= 0.3 is 5.82 Å². The highest BCUT2D eigenvalue weighted by molar-refractivity contribution is 7.89. The summed E-state index contributed by atoms with van der Waals surface area (Å²) in [6.07, 6.45) is 0.961. The number of sulfonamides is 1. The molecule has 0 amide bonds. The summed E-state index contributed by atoms with van der Waals surface area (Å²) in [5.74, 6) is -0.633. The van der Waals surface area contributed by atoms with Crippen LogP contribution in [0.1, 0.15) is 6.92 Å². The fourth-order valence-corrected chi connectivity index (χ4v) is 1.96. The number of nitrogens with zero attached hydrogens (tertiary/aromatic N) is 2. The fraction of sp³-hybridized carbons (Fsp3) is 0.400. The summed E-state index contributed by atoms with van der Waals surface area (Å²) in [7, 11) is -3.88. The van der Waals surface area contributed by atoms with Crippen molar-refractivity contribution < 1.29 is 13.3 Å². The molecule has 2 N–H and O–H groups in total. The van der Waals surface area contributed by atoms with Gasteiger partial charge in [-0.15, -0.1) is 0 Å². The van der Waals surface area contributed by atoms with Gasteiger partial charge in [-0.1, -0.05) is 6.92 Å². The molecule has 8 nitrogen and oxygen atoms in total. The molecule has 9 heteroatoms. The predicted molar refractivity (Wildman–Crippen MR) is 46.1 cm³/mol. The summed E-state index contributed by atoms with van der Waals surface area (Å²) in [5, 5.41) is 9.78. The van der Waals surface area contributed by atoms with E-state index < -0.39 is 25.8 Å². The minimum Gasteiger partial charge on any atom is -0.358 e. The number of imidazole rings is 1. The van der Waals surface area contributed by atoms with Gasteiger partial charge < -0.3 is 10.1 Å². The van der Waals surface area contributed by atoms with E-state index in [4.69, 9.17) is 0 Å². The first-order valence-corrected chi connectivity index (χ1v) is 5.14. The van der Waals surface area contributed by atoms with Crippen LogP contribution in [0.3, 0.4) is 0 Å². The molecule has 0 bridgehead atoms. The van der Waals surface area contributed by atoms with Gasteiger partial charge in [0.25, 0.3) is 15.0 Å². The summed E-state index contributed by atoms with van der Waals surface area (Å²) >= 11 is 0. The van der Waals surface area contributed by atoms with E-state index in [1.807, 2.05) is 0 Å². The van der Waals surface area contributed by atoms with Crippen LogP contribution in [0.15, 0.2) is 11.4 Å². The van der Waals surface area contributed by atoms with Gasteiger partial charge in [0.2, 0.25) is 0 Å². The minimum atomic E-state index is -3.88. The van der Waals surface area contributed by atoms with Gasteiger partial charge in [-0.2, -0.15) is 4.98 Å². The molecule has 14 heavy (non-hydrogen) atoms. The molecule has 0 aromatic carbocycles. The van der Waals surface area contributed by atoms with E-state index in [9.17, 15) is 18.5 Å². The van der Waals surface area contributed by atoms with Crippen LogP contribution < -0.4 is 4.72 Å². The van der Waals surface area contributed by atoms with E-state index in [1.54, 1.807) is 6.92 Å². The Labute approximate surface area is 79.6 Å². The minimum absolute atomic E-state index is 0.145. The van der Waals surface area contributed by atoms with Crippen molar-refractivity contribution in [1.82, 2.24) is 14.7 Å². The monoisotopic (exact) mass is 220 g/mol. The maximum atomic E-state index is 11.3. The first kappa shape index (κ1) is 10.6. The zero-order valence-corrected chi connectivity index (χ0v) is 8.04. The average Bonchev–Trinajstić information content (AvgIpc) is 2.51. The largest absolute Gasteiger partial charge is 0.361 e. The van der Waals surface area contributed by atoms with E-state index in [2.05, 4.69) is 14.7 Å². The van der Waals surface area contributed by atoms with Gasteiger partial charge in [-0.3, -0.25) is 0 Å². The molecule has 0 saturated heterocycles. The number of hydrogen-bond donors (Lipinski definition) is 2. The fourth-order valence-electron chi connectivity index (χ4n) is 0.861. The molecule has 78 valence electrons. The molecule has 0 saturated carbocycles. The molecular weight excluding hydrogens is 212 g/mol. The van der Waals surface area contributed by atoms with Crippen molar-refractivity contribution in [2.75, 3.05) is 6.54 Å². The summed E-state index contributed by atoms with van der Waals surface area (Å²) in [6, 6.07) is 0. The van der Waals surface area contributed by atoms with Crippen molar-refractivity contribution >= 4 is 15.8 Å². The van der Waals surface area contributed by atoms with Crippen LogP contribution in [0.4, 0.5) is 5.82 Å². The predicted octanol–water partition coefficient (Wildman–Crippen LogP) is -0.384. The first-order chi connectivity index (χ1) is 6.49. The number of nitrogens with one attached hydrogen (secondary N) is 2. The quantitative estimate of drug-likeness (QED) is 0.529. The third-order valence-corrected chi connectivity index (χ3v) is 2.83. The van der Waals surface area contributed by atoms with Crippen LogP contribution >= 0.6 is 0 Å². The van der Waals surface area contributed by atoms with Gasteiger partial charge in [0.1, 0.15) is 0 Å². The van der Waals surface area contributed by atoms with Crippen LogP contribution in [-0.4, -0.2) is 29.9 Å². The number of rotatable bonds is 4. The number of nitro groups is 1. The number of H-pyrrole nitrogens is 1. The van der Waals surface area contributed by atoms with Gasteiger partial charge in [0.05, 0.1) is 0 Å². The van der Waals surface area contributed by atoms with Gasteiger partial charge in [0, 0.05) is 6.54 Å². The van der Waals surface area contributed by atoms with Crippen molar-refractivity contribution in [3.05, 3.63) is 16.4 Å². The van der Waals surface area contributed by atoms with Crippen molar-refractivity contribution in [2.24, 2.45) is 0 Å². The Kier molecular flexibility index (Phi) is 2.81. The van der Waals surface area contributed by atoms with Crippen molar-refractivity contribution in [2.45, 2.75) is 11.9 Å². The molecule has 0 aliphatic carbocycles. The molecule has 0 radical (unpaired) electrons. The Balaban J connectivity index is 3.19. The van der Waals surface area contributed by atoms with Gasteiger partial charge in [-0.05, 0) is 4.92 Å². The normalized spacial score (nSPS) is 11.5. The van der Waals surface area contributed by atoms with E-state index in [-0.39, 0.29) is 6.54 Å². The third-order valence-electron chi connectivity index (χ3n) is 1.36. The van der Waals surface area contributed by atoms with E-state index in [0.29, 0.717) is 0 Å². The second-order valence-electron chi connectivity index (χ2n) is 2.31. The van der Waals surface area contributed by atoms with Crippen LogP contribution in [0.25, 0.3) is 0 Å². The lowest BCUT2D eigenvalue weighted by Gasteiger charge is -1.99. The topological polar surface area (TPSA) is 118 Å². The van der Waals surface area contributed by atoms with Crippen LogP contribution in [0.5, 0.6) is 0 Å². The molecule has 1 aromatic rings. The molecule has 0 spiro atoms. The van der Waals surface area contributed by atoms with E-state index in [1.165, 1.54) is 0 Å². The van der Waals surface area contributed by atoms with Crippen LogP contribution in [-0.2, 0) is 10.0 Å². The van der Waals surface area contributed by atoms with Gasteiger partial charge in [0.15, 0.2) is 6.33 Å². The van der Waals surface area contributed by atoms with Gasteiger partial charge in [-0.25, -0.2) is 18.1 Å². The summed E-state index contributed by atoms with van der Waals surface area (Å²) in [6.45, 7) is 1.71. The third kappa shape index (κ3) is 1.88. The van der Waals surface area contributed by atoms with Crippen LogP contribution in [0, 0.1) is 10.1 Å². The second-order valence-corrected chi connectivity index (χ2v) is 4.00. The zero-order valence-electron chi connectivity index (χ0n) is 7.22. The highest BCUT2D eigenvalue weighted by Gasteiger charge is 2.27. The van der Waals surface area contributed by atoms with Crippen molar-refractivity contribution in [3.8, 4) is 0 Å². The molecule has 0 aliphatic rings. The Morgan fingerprint density at radius 1 is 1.71 bits per heavy atom. The molecule has 0 fully saturated rings. The van der Waals surface area contributed by atoms with E-state index in [0.717, 1.165) is 6.33 Å². The Bertz CT molecular complexity index is 436. The van der Waals surface area contributed by atoms with Crippen LogP contribution in [0.2, 0.25) is 0 Å². The molecule has 0 aliphatic heterocycles. The smallest absolute Gasteiger partial charge is 0.358 e. The lowest BCUT2D eigenvalue weighted by atomic mass is 10.8. The molecule has 0 unspecified atom stereocenters. The summed E-state index contributed by atoms with van der Waals surface area (Å²) in [4.78, 5) is 15.1. The van der Waals surface area contributed by atoms with E-state index >= 15 is 0 Å². The highest BCUT2D eigenvalue weighted by atomic mass is 32.2. The standard InChI is InChI=1S/C5H8N4O4S/c1-2-8-14(12,13)5-4(9(10)11)6-3-7-5/h3,8H,2H2,1H3,(H,6,7). The number of aromatic amines is 1. The summed E-state index contributed by atoms with van der Waals surface area (Å²) in [5.41, 5.74) is 0. The molecular formula is C5H8N4O4S. The SMILES string of the molecule is CCNS(=O)(=O)c1nc[nH]c1[N+](=O)[O-]. The zero-order chi connectivity index (χ0) is 10.8. The van der Waals surface area contributed by atoms with Crippen molar-refractivity contribution in [3.63, 3.8) is 0 Å². The molecule has 1 rings (SSSR count). The lowest BCUT2D eigenvalue weighted by molar-refractivity contribution is -0.392. The Morgan fingerprint density at radius 2 is 2.36 bits per heavy atom. The first-order valence-electron chi connectivity index (χ1n) is 3.66. The summed E-state index contributed by atoms with van der Waals surface area (Å²) < 4.78 is 24.7. The second kappa shape index (κ2) is 3.72. The molecule has 0 atom stereocenters. The lowest BCUT2D eigenvalue weighted by Crippen LogP contribution is -2.24. The Hall–Kier alpha value is -1.48. The number of aromatic nitrogens is 2. The molecule has 1 aromatic heterocycles. The van der Waals surface area contributed by atoms with Crippen molar-refractivity contribution in [1.29, 1.82) is 0 Å². The molecule has 1 heterocycles. The highest BCUT2D eigenvalue weighted by Crippen LogP contribution is 2.17. The number of hydrogen-bond acceptors (Lipinski definition) is 5.